The maximum Gasteiger partial charge on any atom is 0.149 e. The number of rotatable bonds is 7. The monoisotopic (exact) mass is 472 g/mol. The van der Waals surface area contributed by atoms with Crippen LogP contribution in [0, 0.1) is 0 Å². The van der Waals surface area contributed by atoms with Crippen LogP contribution in [-0.4, -0.2) is 19.8 Å². The van der Waals surface area contributed by atoms with Gasteiger partial charge in [-0.3, -0.25) is 0 Å². The molecule has 4 aromatic rings. The third kappa shape index (κ3) is 3.38. The molecule has 0 fully saturated rings. The second-order valence-electron chi connectivity index (χ2n) is 8.36. The highest BCUT2D eigenvalue weighted by molar-refractivity contribution is 6.35. The average molecular weight is 473 g/mol. The fourth-order valence-electron chi connectivity index (χ4n) is 5.34. The van der Waals surface area contributed by atoms with Gasteiger partial charge in [0.05, 0.1) is 23.8 Å². The summed E-state index contributed by atoms with van der Waals surface area (Å²) in [6.45, 7) is 7.52. The van der Waals surface area contributed by atoms with E-state index in [1.54, 1.807) is 0 Å². The summed E-state index contributed by atoms with van der Waals surface area (Å²) in [6.07, 6.45) is 0.842. The molecule has 0 saturated heterocycles. The van der Waals surface area contributed by atoms with Crippen molar-refractivity contribution in [1.29, 1.82) is 0 Å². The van der Waals surface area contributed by atoms with Crippen molar-refractivity contribution in [2.45, 2.75) is 32.8 Å². The number of ether oxygens (including phenoxy) is 3. The van der Waals surface area contributed by atoms with Crippen molar-refractivity contribution in [3.63, 3.8) is 0 Å². The highest BCUT2D eigenvalue weighted by Crippen LogP contribution is 2.56. The number of hydrogen-bond donors (Lipinski definition) is 0. The Labute approximate surface area is 206 Å². The van der Waals surface area contributed by atoms with Crippen molar-refractivity contribution in [3.8, 4) is 11.5 Å². The summed E-state index contributed by atoms with van der Waals surface area (Å²) in [4.78, 5) is 0. The van der Waals surface area contributed by atoms with Crippen LogP contribution in [0.2, 0.25) is 5.02 Å². The van der Waals surface area contributed by atoms with Crippen molar-refractivity contribution in [2.24, 2.45) is 0 Å². The Balaban J connectivity index is 2.00. The van der Waals surface area contributed by atoms with Crippen LogP contribution >= 0.6 is 11.6 Å². The zero-order chi connectivity index (χ0) is 23.7. The van der Waals surface area contributed by atoms with E-state index >= 15 is 0 Å². The van der Waals surface area contributed by atoms with Gasteiger partial charge in [0.1, 0.15) is 17.1 Å². The molecule has 174 valence electrons. The Bertz CT molecular complexity index is 1300. The van der Waals surface area contributed by atoms with Gasteiger partial charge in [-0.2, -0.15) is 0 Å². The molecule has 1 aliphatic carbocycles. The Hall–Kier alpha value is -3.01. The molecule has 5 rings (SSSR count). The lowest BCUT2D eigenvalue weighted by atomic mass is 9.70. The lowest BCUT2D eigenvalue weighted by molar-refractivity contribution is 0.0169. The predicted octanol–water partition coefficient (Wildman–Crippen LogP) is 7.52. The van der Waals surface area contributed by atoms with Gasteiger partial charge >= 0.3 is 0 Å². The second-order valence-corrected chi connectivity index (χ2v) is 8.74. The van der Waals surface area contributed by atoms with E-state index in [9.17, 15) is 0 Å². The van der Waals surface area contributed by atoms with E-state index in [-0.39, 0.29) is 0 Å². The first kappa shape index (κ1) is 22.8. The van der Waals surface area contributed by atoms with E-state index in [4.69, 9.17) is 25.8 Å². The smallest absolute Gasteiger partial charge is 0.149 e. The van der Waals surface area contributed by atoms with E-state index < -0.39 is 5.60 Å². The summed E-state index contributed by atoms with van der Waals surface area (Å²) in [7, 11) is 0. The van der Waals surface area contributed by atoms with Crippen LogP contribution in [0.1, 0.15) is 48.6 Å². The minimum atomic E-state index is -0.933. The molecule has 0 aliphatic heterocycles. The topological polar surface area (TPSA) is 27.7 Å². The standard InChI is InChI=1S/C30H29ClO3/c1-4-32-28-22-15-9-10-16-23(22)29(33-5-2)27(31)26(28)30(34-6-3)24-17-11-7-13-20(24)19-21-14-8-12-18-25(21)30/h7-18H,4-6,19H2,1-3H3. The molecular formula is C30H29ClO3. The first-order chi connectivity index (χ1) is 16.7. The van der Waals surface area contributed by atoms with Crippen LogP contribution in [0.15, 0.2) is 72.8 Å². The highest BCUT2D eigenvalue weighted by atomic mass is 35.5. The Kier molecular flexibility index (Phi) is 6.24. The zero-order valence-electron chi connectivity index (χ0n) is 19.9. The Morgan fingerprint density at radius 2 is 1.18 bits per heavy atom. The number of halogens is 1. The van der Waals surface area contributed by atoms with Gasteiger partial charge < -0.3 is 14.2 Å². The van der Waals surface area contributed by atoms with Gasteiger partial charge in [0.15, 0.2) is 0 Å². The lowest BCUT2D eigenvalue weighted by Gasteiger charge is -2.42. The molecule has 0 spiro atoms. The normalized spacial score (nSPS) is 13.9. The van der Waals surface area contributed by atoms with Crippen LogP contribution in [0.3, 0.4) is 0 Å². The predicted molar refractivity (Wildman–Crippen MR) is 138 cm³/mol. The summed E-state index contributed by atoms with van der Waals surface area (Å²) in [6, 6.07) is 25.1. The summed E-state index contributed by atoms with van der Waals surface area (Å²) >= 11 is 7.31. The Morgan fingerprint density at radius 1 is 0.676 bits per heavy atom. The largest absolute Gasteiger partial charge is 0.493 e. The van der Waals surface area contributed by atoms with Crippen molar-refractivity contribution in [2.75, 3.05) is 19.8 Å². The van der Waals surface area contributed by atoms with Crippen LogP contribution in [0.4, 0.5) is 0 Å². The number of hydrogen-bond acceptors (Lipinski definition) is 3. The fourth-order valence-corrected chi connectivity index (χ4v) is 5.71. The molecule has 0 aromatic heterocycles. The summed E-state index contributed by atoms with van der Waals surface area (Å²) < 4.78 is 19.4. The molecule has 0 atom stereocenters. The fraction of sp³-hybridized carbons (Fsp3) is 0.267. The third-order valence-electron chi connectivity index (χ3n) is 6.53. The molecule has 4 aromatic carbocycles. The van der Waals surface area contributed by atoms with Crippen LogP contribution in [0.5, 0.6) is 11.5 Å². The zero-order valence-corrected chi connectivity index (χ0v) is 20.6. The summed E-state index contributed by atoms with van der Waals surface area (Å²) in [5, 5.41) is 2.43. The first-order valence-corrected chi connectivity index (χ1v) is 12.4. The van der Waals surface area contributed by atoms with Crippen LogP contribution in [-0.2, 0) is 16.8 Å². The molecule has 0 saturated carbocycles. The number of fused-ring (bicyclic) bond motifs is 3. The van der Waals surface area contributed by atoms with Gasteiger partial charge in [0, 0.05) is 17.4 Å². The molecule has 34 heavy (non-hydrogen) atoms. The molecule has 0 bridgehead atoms. The maximum atomic E-state index is 7.31. The van der Waals surface area contributed by atoms with E-state index in [1.165, 1.54) is 11.1 Å². The van der Waals surface area contributed by atoms with E-state index in [2.05, 4.69) is 54.6 Å². The van der Waals surface area contributed by atoms with E-state index in [1.807, 2.05) is 39.0 Å². The van der Waals surface area contributed by atoms with Gasteiger partial charge in [0.25, 0.3) is 0 Å². The lowest BCUT2D eigenvalue weighted by Crippen LogP contribution is -2.38. The van der Waals surface area contributed by atoms with E-state index in [0.717, 1.165) is 39.6 Å². The van der Waals surface area contributed by atoms with Gasteiger partial charge in [-0.05, 0) is 49.4 Å². The molecule has 1 aliphatic rings. The molecule has 4 heteroatoms. The van der Waals surface area contributed by atoms with Crippen molar-refractivity contribution in [1.82, 2.24) is 0 Å². The molecule has 0 radical (unpaired) electrons. The molecule has 0 heterocycles. The van der Waals surface area contributed by atoms with Crippen molar-refractivity contribution < 1.29 is 14.2 Å². The highest BCUT2D eigenvalue weighted by Gasteiger charge is 2.47. The second kappa shape index (κ2) is 9.32. The minimum absolute atomic E-state index is 0.501. The van der Waals surface area contributed by atoms with Crippen molar-refractivity contribution in [3.05, 3.63) is 106 Å². The molecular weight excluding hydrogens is 444 g/mol. The molecule has 0 amide bonds. The van der Waals surface area contributed by atoms with Gasteiger partial charge in [-0.1, -0.05) is 84.4 Å². The molecule has 0 N–H and O–H groups in total. The average Bonchev–Trinajstić information content (AvgIpc) is 2.86. The van der Waals surface area contributed by atoms with Crippen molar-refractivity contribution >= 4 is 22.4 Å². The van der Waals surface area contributed by atoms with Gasteiger partial charge in [0.2, 0.25) is 0 Å². The van der Waals surface area contributed by atoms with Gasteiger partial charge in [-0.25, -0.2) is 0 Å². The Morgan fingerprint density at radius 3 is 1.74 bits per heavy atom. The summed E-state index contributed by atoms with van der Waals surface area (Å²) in [5.74, 6) is 1.41. The minimum Gasteiger partial charge on any atom is -0.493 e. The SMILES string of the molecule is CCOc1c(Cl)c(C2(OCC)c3ccccc3Cc3ccccc32)c(OCC)c2ccccc12. The number of benzene rings is 4. The quantitative estimate of drug-likeness (QED) is 0.278. The molecule has 3 nitrogen and oxygen atoms in total. The van der Waals surface area contributed by atoms with Crippen LogP contribution < -0.4 is 9.47 Å². The van der Waals surface area contributed by atoms with Crippen LogP contribution in [0.25, 0.3) is 10.8 Å². The maximum absolute atomic E-state index is 7.31. The first-order valence-electron chi connectivity index (χ1n) is 12.0. The van der Waals surface area contributed by atoms with E-state index in [0.29, 0.717) is 30.6 Å². The summed E-state index contributed by atoms with van der Waals surface area (Å²) in [5.41, 5.74) is 4.50. The molecule has 0 unspecified atom stereocenters. The third-order valence-corrected chi connectivity index (χ3v) is 6.89. The van der Waals surface area contributed by atoms with Gasteiger partial charge in [-0.15, -0.1) is 0 Å².